The highest BCUT2D eigenvalue weighted by atomic mass is 16.5. The number of aromatic nitrogens is 2. The van der Waals surface area contributed by atoms with Crippen LogP contribution >= 0.6 is 0 Å². The Morgan fingerprint density at radius 3 is 2.75 bits per heavy atom. The normalized spacial score (nSPS) is 15.4. The number of carbonyl (C=O) groups is 2. The summed E-state index contributed by atoms with van der Waals surface area (Å²) in [7, 11) is 0. The van der Waals surface area contributed by atoms with Crippen LogP contribution in [0.3, 0.4) is 0 Å². The van der Waals surface area contributed by atoms with Crippen molar-refractivity contribution >= 4 is 17.6 Å². The number of imidazole rings is 1. The maximum absolute atomic E-state index is 12.6. The van der Waals surface area contributed by atoms with E-state index < -0.39 is 12.1 Å². The van der Waals surface area contributed by atoms with Crippen molar-refractivity contribution < 1.29 is 14.3 Å². The van der Waals surface area contributed by atoms with E-state index in [1.807, 2.05) is 31.2 Å². The number of esters is 1. The molecule has 0 saturated carbocycles. The summed E-state index contributed by atoms with van der Waals surface area (Å²) in [5, 5.41) is 2.91. The summed E-state index contributed by atoms with van der Waals surface area (Å²) in [5.41, 5.74) is 3.11. The van der Waals surface area contributed by atoms with E-state index in [4.69, 9.17) is 4.74 Å². The number of hydrogen-bond donors (Lipinski definition) is 1. The molecule has 0 bridgehead atoms. The number of para-hydroxylation sites is 1. The van der Waals surface area contributed by atoms with E-state index in [9.17, 15) is 9.59 Å². The fourth-order valence-corrected chi connectivity index (χ4v) is 3.65. The first-order valence-corrected chi connectivity index (χ1v) is 10.1. The van der Waals surface area contributed by atoms with Crippen LogP contribution in [0.2, 0.25) is 0 Å². The molecule has 1 amide bonds. The van der Waals surface area contributed by atoms with E-state index in [-0.39, 0.29) is 5.91 Å². The molecule has 0 aliphatic carbocycles. The Bertz CT molecular complexity index is 872. The van der Waals surface area contributed by atoms with Gasteiger partial charge in [-0.1, -0.05) is 32.0 Å². The van der Waals surface area contributed by atoms with E-state index in [1.54, 1.807) is 6.92 Å². The number of rotatable bonds is 6. The molecular formula is C22H29N3O3. The summed E-state index contributed by atoms with van der Waals surface area (Å²) in [4.78, 5) is 29.7. The number of amides is 1. The molecule has 3 rings (SSSR count). The van der Waals surface area contributed by atoms with E-state index in [1.165, 1.54) is 0 Å². The lowest BCUT2D eigenvalue weighted by Crippen LogP contribution is -2.31. The molecule has 1 aliphatic rings. The van der Waals surface area contributed by atoms with Crippen molar-refractivity contribution in [2.24, 2.45) is 0 Å². The lowest BCUT2D eigenvalue weighted by atomic mass is 9.97. The standard InChI is InChI=1S/C22H29N3O3/c1-5-14(2)17-10-6-7-11-18(17)24-21(26)15(3)28-22(27)20-19-12-8-9-13-25(19)16(4)23-20/h6-7,10-11,14-15H,5,8-9,12-13H2,1-4H3,(H,24,26). The van der Waals surface area contributed by atoms with Gasteiger partial charge in [-0.15, -0.1) is 0 Å². The number of fused-ring (bicyclic) bond motifs is 1. The van der Waals surface area contributed by atoms with Gasteiger partial charge in [-0.3, -0.25) is 4.79 Å². The Morgan fingerprint density at radius 2 is 2.00 bits per heavy atom. The zero-order valence-electron chi connectivity index (χ0n) is 17.1. The van der Waals surface area contributed by atoms with Crippen molar-refractivity contribution in [3.05, 3.63) is 47.0 Å². The van der Waals surface area contributed by atoms with Crippen LogP contribution in [0.15, 0.2) is 24.3 Å². The molecule has 1 aromatic carbocycles. The number of benzene rings is 1. The third kappa shape index (κ3) is 4.11. The van der Waals surface area contributed by atoms with Crippen molar-refractivity contribution in [3.63, 3.8) is 0 Å². The second-order valence-corrected chi connectivity index (χ2v) is 7.50. The van der Waals surface area contributed by atoms with Crippen LogP contribution in [0.1, 0.15) is 73.5 Å². The van der Waals surface area contributed by atoms with E-state index >= 15 is 0 Å². The Morgan fingerprint density at radius 1 is 1.25 bits per heavy atom. The summed E-state index contributed by atoms with van der Waals surface area (Å²) >= 11 is 0. The van der Waals surface area contributed by atoms with Crippen LogP contribution in [-0.2, 0) is 22.5 Å². The zero-order chi connectivity index (χ0) is 20.3. The second-order valence-electron chi connectivity index (χ2n) is 7.50. The second kappa shape index (κ2) is 8.59. The van der Waals surface area contributed by atoms with Crippen LogP contribution < -0.4 is 5.32 Å². The van der Waals surface area contributed by atoms with Crippen molar-refractivity contribution in [1.82, 2.24) is 9.55 Å². The molecule has 2 heterocycles. The Labute approximate surface area is 166 Å². The molecule has 0 saturated heterocycles. The van der Waals surface area contributed by atoms with Crippen LogP contribution in [0.4, 0.5) is 5.69 Å². The van der Waals surface area contributed by atoms with Crippen molar-refractivity contribution in [2.75, 3.05) is 5.32 Å². The van der Waals surface area contributed by atoms with Gasteiger partial charge in [0, 0.05) is 12.2 Å². The number of carbonyl (C=O) groups excluding carboxylic acids is 2. The molecule has 0 spiro atoms. The molecule has 1 N–H and O–H groups in total. The monoisotopic (exact) mass is 383 g/mol. The summed E-state index contributed by atoms with van der Waals surface area (Å²) in [5.74, 6) is 0.279. The minimum absolute atomic E-state index is 0.328. The number of nitrogens with one attached hydrogen (secondary N) is 1. The van der Waals surface area contributed by atoms with E-state index in [2.05, 4.69) is 28.7 Å². The van der Waals surface area contributed by atoms with Crippen molar-refractivity contribution in [2.45, 2.75) is 71.9 Å². The molecule has 0 radical (unpaired) electrons. The lowest BCUT2D eigenvalue weighted by Gasteiger charge is -2.18. The van der Waals surface area contributed by atoms with Crippen molar-refractivity contribution in [1.29, 1.82) is 0 Å². The fourth-order valence-electron chi connectivity index (χ4n) is 3.65. The number of hydrogen-bond acceptors (Lipinski definition) is 4. The Kier molecular flexibility index (Phi) is 6.17. The first-order valence-electron chi connectivity index (χ1n) is 10.1. The van der Waals surface area contributed by atoms with Gasteiger partial charge in [0.1, 0.15) is 5.82 Å². The van der Waals surface area contributed by atoms with Gasteiger partial charge >= 0.3 is 5.97 Å². The minimum atomic E-state index is -0.904. The van der Waals surface area contributed by atoms with Gasteiger partial charge in [-0.25, -0.2) is 9.78 Å². The smallest absolute Gasteiger partial charge is 0.359 e. The van der Waals surface area contributed by atoms with Gasteiger partial charge in [-0.05, 0) is 57.1 Å². The first kappa shape index (κ1) is 20.1. The first-order chi connectivity index (χ1) is 13.4. The molecule has 2 atom stereocenters. The van der Waals surface area contributed by atoms with Gasteiger partial charge in [-0.2, -0.15) is 0 Å². The third-order valence-electron chi connectivity index (χ3n) is 5.52. The molecule has 150 valence electrons. The third-order valence-corrected chi connectivity index (χ3v) is 5.52. The van der Waals surface area contributed by atoms with Gasteiger partial charge < -0.3 is 14.6 Å². The molecular weight excluding hydrogens is 354 g/mol. The van der Waals surface area contributed by atoms with Crippen LogP contribution in [0.25, 0.3) is 0 Å². The summed E-state index contributed by atoms with van der Waals surface area (Å²) in [6.45, 7) is 8.60. The summed E-state index contributed by atoms with van der Waals surface area (Å²) < 4.78 is 7.53. The largest absolute Gasteiger partial charge is 0.448 e. The van der Waals surface area contributed by atoms with Crippen molar-refractivity contribution in [3.8, 4) is 0 Å². The quantitative estimate of drug-likeness (QED) is 0.758. The van der Waals surface area contributed by atoms with E-state index in [0.717, 1.165) is 55.0 Å². The molecule has 2 aromatic rings. The molecule has 6 heteroatoms. The minimum Gasteiger partial charge on any atom is -0.448 e. The number of anilines is 1. The number of nitrogens with zero attached hydrogens (tertiary/aromatic N) is 2. The fraction of sp³-hybridized carbons (Fsp3) is 0.500. The molecule has 1 aromatic heterocycles. The highest BCUT2D eigenvalue weighted by Crippen LogP contribution is 2.27. The summed E-state index contributed by atoms with van der Waals surface area (Å²) in [6, 6.07) is 7.74. The maximum atomic E-state index is 12.6. The molecule has 1 aliphatic heterocycles. The zero-order valence-corrected chi connectivity index (χ0v) is 17.1. The number of ether oxygens (including phenoxy) is 1. The van der Waals surface area contributed by atoms with Gasteiger partial charge in [0.15, 0.2) is 11.8 Å². The Hall–Kier alpha value is -2.63. The van der Waals surface area contributed by atoms with Crippen LogP contribution in [-0.4, -0.2) is 27.5 Å². The molecule has 2 unspecified atom stereocenters. The van der Waals surface area contributed by atoms with Gasteiger partial charge in [0.2, 0.25) is 0 Å². The predicted molar refractivity (Wildman–Crippen MR) is 109 cm³/mol. The van der Waals surface area contributed by atoms with Crippen LogP contribution in [0, 0.1) is 6.92 Å². The maximum Gasteiger partial charge on any atom is 0.359 e. The average Bonchev–Trinajstić information content (AvgIpc) is 3.05. The highest BCUT2D eigenvalue weighted by molar-refractivity contribution is 5.97. The molecule has 0 fully saturated rings. The Balaban J connectivity index is 1.69. The molecule has 28 heavy (non-hydrogen) atoms. The van der Waals surface area contributed by atoms with Gasteiger partial charge in [0.25, 0.3) is 5.91 Å². The summed E-state index contributed by atoms with van der Waals surface area (Å²) in [6.07, 6.45) is 3.01. The van der Waals surface area contributed by atoms with Crippen LogP contribution in [0.5, 0.6) is 0 Å². The SMILES string of the molecule is CCC(C)c1ccccc1NC(=O)C(C)OC(=O)c1nc(C)n2c1CCCC2. The molecule has 6 nitrogen and oxygen atoms in total. The lowest BCUT2D eigenvalue weighted by molar-refractivity contribution is -0.123. The highest BCUT2D eigenvalue weighted by Gasteiger charge is 2.27. The average molecular weight is 383 g/mol. The number of aryl methyl sites for hydroxylation is 1. The topological polar surface area (TPSA) is 73.2 Å². The predicted octanol–water partition coefficient (Wildman–Crippen LogP) is 4.23. The van der Waals surface area contributed by atoms with Gasteiger partial charge in [0.05, 0.1) is 5.69 Å². The van der Waals surface area contributed by atoms with E-state index in [0.29, 0.717) is 11.6 Å².